The minimum absolute atomic E-state index is 0.0638. The largest absolute Gasteiger partial charge is 0.417 e. The highest BCUT2D eigenvalue weighted by Crippen LogP contribution is 2.28. The molecule has 0 fully saturated rings. The number of pyridine rings is 1. The molecule has 0 spiro atoms. The Morgan fingerprint density at radius 3 is 2.27 bits per heavy atom. The van der Waals surface area contributed by atoms with Crippen LogP contribution >= 0.6 is 0 Å². The molecule has 0 bridgehead atoms. The van der Waals surface area contributed by atoms with Gasteiger partial charge in [0.1, 0.15) is 5.82 Å². The van der Waals surface area contributed by atoms with E-state index in [1.54, 1.807) is 0 Å². The van der Waals surface area contributed by atoms with E-state index in [2.05, 4.69) is 20.9 Å². The highest BCUT2D eigenvalue weighted by molar-refractivity contribution is 5.81. The van der Waals surface area contributed by atoms with Crippen molar-refractivity contribution in [1.29, 1.82) is 0 Å². The van der Waals surface area contributed by atoms with Crippen LogP contribution in [0.1, 0.15) is 39.2 Å². The lowest BCUT2D eigenvalue weighted by atomic mass is 9.96. The second-order valence-electron chi connectivity index (χ2n) is 6.82. The molecule has 0 saturated carbocycles. The van der Waals surface area contributed by atoms with Gasteiger partial charge >= 0.3 is 6.18 Å². The van der Waals surface area contributed by atoms with Crippen LogP contribution in [-0.2, 0) is 15.8 Å². The van der Waals surface area contributed by atoms with Crippen LogP contribution in [0.4, 0.5) is 19.0 Å². The van der Waals surface area contributed by atoms with Gasteiger partial charge in [0.25, 0.3) is 0 Å². The van der Waals surface area contributed by atoms with Gasteiger partial charge in [0.2, 0.25) is 11.8 Å². The third-order valence-electron chi connectivity index (χ3n) is 3.39. The zero-order chi connectivity index (χ0) is 19.8. The van der Waals surface area contributed by atoms with Gasteiger partial charge < -0.3 is 16.0 Å². The van der Waals surface area contributed by atoms with Gasteiger partial charge in [0.15, 0.2) is 0 Å². The highest BCUT2D eigenvalue weighted by atomic mass is 19.4. The maximum Gasteiger partial charge on any atom is 0.417 e. The number of halogens is 3. The second-order valence-corrected chi connectivity index (χ2v) is 6.82. The van der Waals surface area contributed by atoms with Crippen LogP contribution in [0.2, 0.25) is 0 Å². The number of hydrogen-bond acceptors (Lipinski definition) is 4. The molecule has 0 aliphatic carbocycles. The Morgan fingerprint density at radius 2 is 1.73 bits per heavy atom. The molecule has 1 aromatic rings. The Morgan fingerprint density at radius 1 is 1.04 bits per heavy atom. The molecule has 9 heteroatoms. The molecule has 1 heterocycles. The monoisotopic (exact) mass is 374 g/mol. The highest BCUT2D eigenvalue weighted by Gasteiger charge is 2.30. The number of rotatable bonds is 8. The van der Waals surface area contributed by atoms with Crippen molar-refractivity contribution in [2.24, 2.45) is 5.41 Å². The van der Waals surface area contributed by atoms with Crippen LogP contribution in [0.5, 0.6) is 0 Å². The van der Waals surface area contributed by atoms with E-state index >= 15 is 0 Å². The number of amides is 2. The summed E-state index contributed by atoms with van der Waals surface area (Å²) < 4.78 is 37.2. The molecule has 26 heavy (non-hydrogen) atoms. The van der Waals surface area contributed by atoms with Crippen molar-refractivity contribution in [2.75, 3.05) is 25.0 Å². The molecule has 2 amide bonds. The minimum Gasteiger partial charge on any atom is -0.368 e. The SMILES string of the molecule is CC(C)(C)C(=O)NCCCC(=O)NCCNc1ccc(C(F)(F)F)cn1. The van der Waals surface area contributed by atoms with Crippen molar-refractivity contribution in [3.05, 3.63) is 23.9 Å². The fourth-order valence-corrected chi connectivity index (χ4v) is 1.86. The summed E-state index contributed by atoms with van der Waals surface area (Å²) in [4.78, 5) is 27.0. The van der Waals surface area contributed by atoms with Gasteiger partial charge in [0, 0.05) is 37.7 Å². The Bertz CT molecular complexity index is 596. The molecule has 0 radical (unpaired) electrons. The van der Waals surface area contributed by atoms with Gasteiger partial charge in [-0.05, 0) is 18.6 Å². The average molecular weight is 374 g/mol. The van der Waals surface area contributed by atoms with E-state index in [0.717, 1.165) is 12.3 Å². The number of nitrogens with one attached hydrogen (secondary N) is 3. The Kier molecular flexibility index (Phi) is 7.85. The fourth-order valence-electron chi connectivity index (χ4n) is 1.86. The van der Waals surface area contributed by atoms with Gasteiger partial charge in [-0.3, -0.25) is 9.59 Å². The molecule has 0 unspecified atom stereocenters. The first-order valence-electron chi connectivity index (χ1n) is 8.32. The summed E-state index contributed by atoms with van der Waals surface area (Å²) in [5, 5.41) is 8.27. The molecular weight excluding hydrogens is 349 g/mol. The van der Waals surface area contributed by atoms with E-state index in [0.29, 0.717) is 31.9 Å². The molecule has 0 aliphatic heterocycles. The molecule has 146 valence electrons. The van der Waals surface area contributed by atoms with Gasteiger partial charge in [-0.1, -0.05) is 20.8 Å². The van der Waals surface area contributed by atoms with Crippen molar-refractivity contribution < 1.29 is 22.8 Å². The van der Waals surface area contributed by atoms with Gasteiger partial charge in [-0.15, -0.1) is 0 Å². The van der Waals surface area contributed by atoms with Crippen LogP contribution in [0.15, 0.2) is 18.3 Å². The molecule has 6 nitrogen and oxygen atoms in total. The predicted octanol–water partition coefficient (Wildman–Crippen LogP) is 2.57. The van der Waals surface area contributed by atoms with Crippen LogP contribution < -0.4 is 16.0 Å². The number of nitrogens with zero attached hydrogens (tertiary/aromatic N) is 1. The summed E-state index contributed by atoms with van der Waals surface area (Å²) in [6, 6.07) is 2.18. The molecule has 0 aliphatic rings. The van der Waals surface area contributed by atoms with E-state index in [1.165, 1.54) is 6.07 Å². The first-order valence-corrected chi connectivity index (χ1v) is 8.32. The Balaban J connectivity index is 2.16. The second kappa shape index (κ2) is 9.40. The zero-order valence-electron chi connectivity index (χ0n) is 15.2. The smallest absolute Gasteiger partial charge is 0.368 e. The van der Waals surface area contributed by atoms with Crippen LogP contribution in [0.3, 0.4) is 0 Å². The van der Waals surface area contributed by atoms with Crippen molar-refractivity contribution >= 4 is 17.6 Å². The summed E-state index contributed by atoms with van der Waals surface area (Å²) in [5.74, 6) is 0.0838. The van der Waals surface area contributed by atoms with Crippen LogP contribution in [0.25, 0.3) is 0 Å². The lowest BCUT2D eigenvalue weighted by Gasteiger charge is -2.17. The molecular formula is C17H25F3N4O2. The van der Waals surface area contributed by atoms with Crippen LogP contribution in [-0.4, -0.2) is 36.4 Å². The summed E-state index contributed by atoms with van der Waals surface area (Å²) in [6.07, 6.45) is -2.84. The molecule has 1 rings (SSSR count). The normalized spacial score (nSPS) is 11.8. The summed E-state index contributed by atoms with van der Waals surface area (Å²) in [7, 11) is 0. The summed E-state index contributed by atoms with van der Waals surface area (Å²) in [5.41, 5.74) is -1.27. The zero-order valence-corrected chi connectivity index (χ0v) is 15.2. The molecule has 0 saturated heterocycles. The van der Waals surface area contributed by atoms with Gasteiger partial charge in [-0.2, -0.15) is 13.2 Å². The summed E-state index contributed by atoms with van der Waals surface area (Å²) in [6.45, 7) is 6.52. The minimum atomic E-state index is -4.41. The predicted molar refractivity (Wildman–Crippen MR) is 92.4 cm³/mol. The molecule has 0 atom stereocenters. The molecule has 0 aromatic carbocycles. The first kappa shape index (κ1) is 21.7. The topological polar surface area (TPSA) is 83.1 Å². The standard InChI is InChI=1S/C17H25F3N4O2/c1-16(2,3)15(26)23-8-4-5-14(25)22-10-9-21-13-7-6-12(11-24-13)17(18,19)20/h6-7,11H,4-5,8-10H2,1-3H3,(H,21,24)(H,22,25)(H,23,26). The first-order chi connectivity index (χ1) is 12.0. The fraction of sp³-hybridized carbons (Fsp3) is 0.588. The quantitative estimate of drug-likeness (QED) is 0.611. The number of hydrogen-bond donors (Lipinski definition) is 3. The Hall–Kier alpha value is -2.32. The lowest BCUT2D eigenvalue weighted by Crippen LogP contribution is -2.36. The number of aromatic nitrogens is 1. The maximum absolute atomic E-state index is 12.4. The third-order valence-corrected chi connectivity index (χ3v) is 3.39. The summed E-state index contributed by atoms with van der Waals surface area (Å²) >= 11 is 0. The van der Waals surface area contributed by atoms with Crippen LogP contribution in [0, 0.1) is 5.41 Å². The van der Waals surface area contributed by atoms with Gasteiger partial charge in [0.05, 0.1) is 5.56 Å². The van der Waals surface area contributed by atoms with Crippen molar-refractivity contribution in [1.82, 2.24) is 15.6 Å². The van der Waals surface area contributed by atoms with Crippen molar-refractivity contribution in [2.45, 2.75) is 39.8 Å². The molecule has 1 aromatic heterocycles. The number of carbonyl (C=O) groups is 2. The molecule has 3 N–H and O–H groups in total. The maximum atomic E-state index is 12.4. The third kappa shape index (κ3) is 8.17. The van der Waals surface area contributed by atoms with Crippen molar-refractivity contribution in [3.8, 4) is 0 Å². The van der Waals surface area contributed by atoms with E-state index in [9.17, 15) is 22.8 Å². The van der Waals surface area contributed by atoms with E-state index < -0.39 is 17.2 Å². The number of anilines is 1. The Labute approximate surface area is 150 Å². The van der Waals surface area contributed by atoms with E-state index in [1.807, 2.05) is 20.8 Å². The number of alkyl halides is 3. The van der Waals surface area contributed by atoms with Crippen molar-refractivity contribution in [3.63, 3.8) is 0 Å². The van der Waals surface area contributed by atoms with E-state index in [-0.39, 0.29) is 18.2 Å². The lowest BCUT2D eigenvalue weighted by molar-refractivity contribution is -0.137. The average Bonchev–Trinajstić information content (AvgIpc) is 2.54. The van der Waals surface area contributed by atoms with Gasteiger partial charge in [-0.25, -0.2) is 4.98 Å². The number of carbonyl (C=O) groups excluding carboxylic acids is 2. The van der Waals surface area contributed by atoms with E-state index in [4.69, 9.17) is 0 Å².